The molecular formula is C17H20N2O2. The summed E-state index contributed by atoms with van der Waals surface area (Å²) in [6, 6.07) is 9.77. The molecule has 2 aromatic rings. The van der Waals surface area contributed by atoms with E-state index in [0.717, 1.165) is 17.9 Å². The minimum absolute atomic E-state index is 0.0353. The van der Waals surface area contributed by atoms with Gasteiger partial charge in [-0.15, -0.1) is 0 Å². The van der Waals surface area contributed by atoms with Crippen LogP contribution in [0.15, 0.2) is 41.0 Å². The van der Waals surface area contributed by atoms with Crippen molar-refractivity contribution in [3.63, 3.8) is 0 Å². The van der Waals surface area contributed by atoms with Crippen LogP contribution < -0.4 is 10.6 Å². The number of carbonyl (C=O) groups excluding carboxylic acids is 1. The Balaban J connectivity index is 1.55. The number of benzene rings is 1. The lowest BCUT2D eigenvalue weighted by atomic mass is 10.1. The highest BCUT2D eigenvalue weighted by Gasteiger charge is 2.15. The monoisotopic (exact) mass is 284 g/mol. The fourth-order valence-corrected chi connectivity index (χ4v) is 2.72. The van der Waals surface area contributed by atoms with Crippen LogP contribution in [0.5, 0.6) is 0 Å². The van der Waals surface area contributed by atoms with E-state index in [1.165, 1.54) is 24.0 Å². The fraction of sp³-hybridized carbons (Fsp3) is 0.353. The molecule has 4 heteroatoms. The lowest BCUT2D eigenvalue weighted by Gasteiger charge is -2.15. The fourth-order valence-electron chi connectivity index (χ4n) is 2.72. The SMILES string of the molecule is CC(Nc1ccc2c(c1)CCC2)C(=O)NCc1ccco1. The van der Waals surface area contributed by atoms with Crippen molar-refractivity contribution in [1.82, 2.24) is 5.32 Å². The van der Waals surface area contributed by atoms with Crippen molar-refractivity contribution in [2.24, 2.45) is 0 Å². The number of nitrogens with one attached hydrogen (secondary N) is 2. The second-order valence-corrected chi connectivity index (χ2v) is 5.50. The number of hydrogen-bond donors (Lipinski definition) is 2. The Kier molecular flexibility index (Phi) is 3.95. The maximum atomic E-state index is 12.1. The van der Waals surface area contributed by atoms with Gasteiger partial charge in [-0.2, -0.15) is 0 Å². The second-order valence-electron chi connectivity index (χ2n) is 5.50. The average molecular weight is 284 g/mol. The highest BCUT2D eigenvalue weighted by Crippen LogP contribution is 2.25. The highest BCUT2D eigenvalue weighted by atomic mass is 16.3. The molecule has 1 heterocycles. The Hall–Kier alpha value is -2.23. The minimum atomic E-state index is -0.278. The molecule has 0 bridgehead atoms. The molecule has 0 saturated carbocycles. The number of fused-ring (bicyclic) bond motifs is 1. The first-order chi connectivity index (χ1) is 10.2. The van der Waals surface area contributed by atoms with Crippen LogP contribution in [0.2, 0.25) is 0 Å². The Morgan fingerprint density at radius 2 is 2.14 bits per heavy atom. The molecule has 1 aromatic heterocycles. The molecule has 0 saturated heterocycles. The van der Waals surface area contributed by atoms with Crippen LogP contribution >= 0.6 is 0 Å². The van der Waals surface area contributed by atoms with E-state index in [0.29, 0.717) is 6.54 Å². The zero-order valence-corrected chi connectivity index (χ0v) is 12.2. The molecule has 2 N–H and O–H groups in total. The first-order valence-electron chi connectivity index (χ1n) is 7.41. The van der Waals surface area contributed by atoms with E-state index in [9.17, 15) is 4.79 Å². The molecule has 1 unspecified atom stereocenters. The number of anilines is 1. The first kappa shape index (κ1) is 13.7. The third-order valence-corrected chi connectivity index (χ3v) is 3.89. The highest BCUT2D eigenvalue weighted by molar-refractivity contribution is 5.84. The molecule has 1 atom stereocenters. The van der Waals surface area contributed by atoms with E-state index in [4.69, 9.17) is 4.42 Å². The summed E-state index contributed by atoms with van der Waals surface area (Å²) in [4.78, 5) is 12.1. The number of amides is 1. The average Bonchev–Trinajstić information content (AvgIpc) is 3.15. The summed E-state index contributed by atoms with van der Waals surface area (Å²) in [5.41, 5.74) is 3.86. The van der Waals surface area contributed by atoms with Crippen LogP contribution in [0.25, 0.3) is 0 Å². The molecule has 0 spiro atoms. The van der Waals surface area contributed by atoms with E-state index in [1.54, 1.807) is 6.26 Å². The largest absolute Gasteiger partial charge is 0.467 e. The lowest BCUT2D eigenvalue weighted by Crippen LogP contribution is -2.37. The Morgan fingerprint density at radius 1 is 1.29 bits per heavy atom. The van der Waals surface area contributed by atoms with Crippen molar-refractivity contribution in [3.05, 3.63) is 53.5 Å². The molecule has 110 valence electrons. The van der Waals surface area contributed by atoms with E-state index in [2.05, 4.69) is 28.8 Å². The molecule has 4 nitrogen and oxygen atoms in total. The third-order valence-electron chi connectivity index (χ3n) is 3.89. The number of furan rings is 1. The molecule has 21 heavy (non-hydrogen) atoms. The quantitative estimate of drug-likeness (QED) is 0.887. The van der Waals surface area contributed by atoms with Crippen LogP contribution in [-0.4, -0.2) is 11.9 Å². The Labute approximate surface area is 124 Å². The van der Waals surface area contributed by atoms with Gasteiger partial charge in [-0.1, -0.05) is 6.07 Å². The van der Waals surface area contributed by atoms with E-state index in [1.807, 2.05) is 19.1 Å². The molecule has 1 aromatic carbocycles. The molecule has 1 aliphatic rings. The minimum Gasteiger partial charge on any atom is -0.467 e. The van der Waals surface area contributed by atoms with Crippen molar-refractivity contribution in [3.8, 4) is 0 Å². The van der Waals surface area contributed by atoms with Crippen molar-refractivity contribution >= 4 is 11.6 Å². The van der Waals surface area contributed by atoms with Gasteiger partial charge in [0.25, 0.3) is 0 Å². The van der Waals surface area contributed by atoms with Gasteiger partial charge in [0.05, 0.1) is 12.8 Å². The van der Waals surface area contributed by atoms with Crippen molar-refractivity contribution in [2.45, 2.75) is 38.8 Å². The van der Waals surface area contributed by atoms with Gasteiger partial charge in [-0.05, 0) is 61.6 Å². The number of aryl methyl sites for hydroxylation is 2. The van der Waals surface area contributed by atoms with Crippen LogP contribution in [-0.2, 0) is 24.2 Å². The zero-order chi connectivity index (χ0) is 14.7. The smallest absolute Gasteiger partial charge is 0.242 e. The van der Waals surface area contributed by atoms with Crippen molar-refractivity contribution in [1.29, 1.82) is 0 Å². The number of rotatable bonds is 5. The second kappa shape index (κ2) is 6.04. The van der Waals surface area contributed by atoms with Crippen molar-refractivity contribution < 1.29 is 9.21 Å². The van der Waals surface area contributed by atoms with Crippen molar-refractivity contribution in [2.75, 3.05) is 5.32 Å². The summed E-state index contributed by atoms with van der Waals surface area (Å²) in [5, 5.41) is 6.12. The summed E-state index contributed by atoms with van der Waals surface area (Å²) >= 11 is 0. The van der Waals surface area contributed by atoms with Gasteiger partial charge in [0, 0.05) is 5.69 Å². The van der Waals surface area contributed by atoms with Crippen LogP contribution in [0.3, 0.4) is 0 Å². The van der Waals surface area contributed by atoms with E-state index in [-0.39, 0.29) is 11.9 Å². The summed E-state index contributed by atoms with van der Waals surface area (Å²) in [5.74, 6) is 0.722. The van der Waals surface area contributed by atoms with Gasteiger partial charge in [0.1, 0.15) is 11.8 Å². The van der Waals surface area contributed by atoms with Gasteiger partial charge >= 0.3 is 0 Å². The standard InChI is InChI=1S/C17H20N2O2/c1-12(17(20)18-11-16-6-3-9-21-16)19-15-8-7-13-4-2-5-14(13)10-15/h3,6-10,12,19H,2,4-5,11H2,1H3,(H,18,20). The molecule has 1 amide bonds. The maximum Gasteiger partial charge on any atom is 0.242 e. The van der Waals surface area contributed by atoms with Crippen LogP contribution in [0, 0.1) is 0 Å². The van der Waals surface area contributed by atoms with Gasteiger partial charge in [-0.25, -0.2) is 0 Å². The number of carbonyl (C=O) groups is 1. The third kappa shape index (κ3) is 3.27. The normalized spacial score (nSPS) is 14.5. The maximum absolute atomic E-state index is 12.1. The van der Waals surface area contributed by atoms with Gasteiger partial charge in [0.2, 0.25) is 5.91 Å². The summed E-state index contributed by atoms with van der Waals surface area (Å²) in [6.45, 7) is 2.28. The van der Waals surface area contributed by atoms with Crippen LogP contribution in [0.4, 0.5) is 5.69 Å². The predicted octanol–water partition coefficient (Wildman–Crippen LogP) is 2.89. The predicted molar refractivity (Wildman–Crippen MR) is 82.1 cm³/mol. The Morgan fingerprint density at radius 3 is 2.95 bits per heavy atom. The zero-order valence-electron chi connectivity index (χ0n) is 12.2. The van der Waals surface area contributed by atoms with E-state index < -0.39 is 0 Å². The summed E-state index contributed by atoms with van der Waals surface area (Å²) in [6.07, 6.45) is 5.16. The molecule has 3 rings (SSSR count). The molecule has 0 radical (unpaired) electrons. The first-order valence-corrected chi connectivity index (χ1v) is 7.41. The number of hydrogen-bond acceptors (Lipinski definition) is 3. The lowest BCUT2D eigenvalue weighted by molar-refractivity contribution is -0.121. The molecule has 0 fully saturated rings. The van der Waals surface area contributed by atoms with Gasteiger partial charge in [-0.3, -0.25) is 4.79 Å². The summed E-state index contributed by atoms with van der Waals surface area (Å²) < 4.78 is 5.20. The van der Waals surface area contributed by atoms with Crippen LogP contribution in [0.1, 0.15) is 30.2 Å². The summed E-state index contributed by atoms with van der Waals surface area (Å²) in [7, 11) is 0. The van der Waals surface area contributed by atoms with E-state index >= 15 is 0 Å². The van der Waals surface area contributed by atoms with Gasteiger partial charge in [0.15, 0.2) is 0 Å². The molecule has 0 aliphatic heterocycles. The Bertz CT molecular complexity index is 620. The van der Waals surface area contributed by atoms with Gasteiger partial charge < -0.3 is 15.1 Å². The molecule has 1 aliphatic carbocycles. The topological polar surface area (TPSA) is 54.3 Å². The molecular weight excluding hydrogens is 264 g/mol.